The van der Waals surface area contributed by atoms with Gasteiger partial charge in [0.25, 0.3) is 10.1 Å². The number of ether oxygens (including phenoxy) is 2. The molecule has 0 saturated carbocycles. The zero-order valence-corrected chi connectivity index (χ0v) is 8.61. The van der Waals surface area contributed by atoms with Gasteiger partial charge in [-0.25, -0.2) is 0 Å². The third kappa shape index (κ3) is 2.92. The van der Waals surface area contributed by atoms with Gasteiger partial charge in [0.1, 0.15) is 18.5 Å². The van der Waals surface area contributed by atoms with E-state index in [1.165, 1.54) is 24.3 Å². The molecule has 1 aliphatic rings. The van der Waals surface area contributed by atoms with E-state index in [1.807, 2.05) is 0 Å². The molecule has 1 atom stereocenters. The molecule has 0 spiro atoms. The van der Waals surface area contributed by atoms with Crippen LogP contribution in [0.5, 0.6) is 5.75 Å². The Bertz CT molecular complexity index is 432. The first-order valence-corrected chi connectivity index (χ1v) is 5.82. The molecule has 1 fully saturated rings. The molecule has 1 N–H and O–H groups in total. The van der Waals surface area contributed by atoms with Gasteiger partial charge in [0.2, 0.25) is 0 Å². The molecule has 6 heteroatoms. The minimum Gasteiger partial charge on any atom is -0.491 e. The maximum atomic E-state index is 10.7. The van der Waals surface area contributed by atoms with Crippen LogP contribution in [0.15, 0.2) is 29.2 Å². The summed E-state index contributed by atoms with van der Waals surface area (Å²) in [5.41, 5.74) is 0. The molecule has 0 amide bonds. The van der Waals surface area contributed by atoms with Gasteiger partial charge in [-0.15, -0.1) is 0 Å². The lowest BCUT2D eigenvalue weighted by atomic mass is 10.3. The van der Waals surface area contributed by atoms with E-state index in [2.05, 4.69) is 0 Å². The van der Waals surface area contributed by atoms with Crippen LogP contribution in [-0.4, -0.2) is 32.3 Å². The maximum absolute atomic E-state index is 10.7. The van der Waals surface area contributed by atoms with Crippen molar-refractivity contribution in [2.75, 3.05) is 13.2 Å². The largest absolute Gasteiger partial charge is 0.491 e. The summed E-state index contributed by atoms with van der Waals surface area (Å²) in [6.45, 7) is 1.17. The van der Waals surface area contributed by atoms with Gasteiger partial charge in [-0.1, -0.05) is 0 Å². The van der Waals surface area contributed by atoms with Gasteiger partial charge in [-0.3, -0.25) is 4.55 Å². The zero-order valence-electron chi connectivity index (χ0n) is 7.79. The standard InChI is InChI=1S/C9H10O5S/c10-15(11,12)9-3-1-7(2-4-9)13-5-8-6-14-8/h1-4,8H,5-6H2,(H,10,11,12). The Hall–Kier alpha value is -1.11. The van der Waals surface area contributed by atoms with E-state index in [9.17, 15) is 8.42 Å². The van der Waals surface area contributed by atoms with Crippen molar-refractivity contribution in [1.29, 1.82) is 0 Å². The fourth-order valence-electron chi connectivity index (χ4n) is 1.06. The van der Waals surface area contributed by atoms with Crippen molar-refractivity contribution >= 4 is 10.1 Å². The molecular formula is C9H10O5S. The average Bonchev–Trinajstić information content (AvgIpc) is 2.97. The van der Waals surface area contributed by atoms with Crippen molar-refractivity contribution in [2.24, 2.45) is 0 Å². The highest BCUT2D eigenvalue weighted by Crippen LogP contribution is 2.17. The van der Waals surface area contributed by atoms with Gasteiger partial charge in [0.05, 0.1) is 11.5 Å². The minimum atomic E-state index is -4.12. The molecule has 0 aromatic heterocycles. The second-order valence-electron chi connectivity index (χ2n) is 3.21. The van der Waals surface area contributed by atoms with E-state index < -0.39 is 10.1 Å². The predicted octanol–water partition coefficient (Wildman–Crippen LogP) is 0.711. The number of epoxide rings is 1. The molecule has 1 heterocycles. The molecule has 1 aromatic rings. The van der Waals surface area contributed by atoms with Crippen LogP contribution in [0, 0.1) is 0 Å². The Morgan fingerprint density at radius 1 is 1.40 bits per heavy atom. The van der Waals surface area contributed by atoms with Crippen molar-refractivity contribution in [1.82, 2.24) is 0 Å². The van der Waals surface area contributed by atoms with E-state index in [0.29, 0.717) is 19.0 Å². The molecule has 15 heavy (non-hydrogen) atoms. The Labute approximate surface area is 87.4 Å². The predicted molar refractivity (Wildman–Crippen MR) is 51.5 cm³/mol. The Kier molecular flexibility index (Phi) is 2.64. The lowest BCUT2D eigenvalue weighted by Crippen LogP contribution is -2.04. The van der Waals surface area contributed by atoms with Crippen LogP contribution in [0.1, 0.15) is 0 Å². The van der Waals surface area contributed by atoms with Gasteiger partial charge < -0.3 is 9.47 Å². The second kappa shape index (κ2) is 3.80. The van der Waals surface area contributed by atoms with Crippen LogP contribution in [0.2, 0.25) is 0 Å². The molecular weight excluding hydrogens is 220 g/mol. The molecule has 82 valence electrons. The van der Waals surface area contributed by atoms with Crippen molar-refractivity contribution in [3.63, 3.8) is 0 Å². The highest BCUT2D eigenvalue weighted by molar-refractivity contribution is 7.85. The van der Waals surface area contributed by atoms with Crippen LogP contribution in [0.3, 0.4) is 0 Å². The van der Waals surface area contributed by atoms with Gasteiger partial charge in [0, 0.05) is 0 Å². The normalized spacial score (nSPS) is 19.9. The average molecular weight is 230 g/mol. The summed E-state index contributed by atoms with van der Waals surface area (Å²) in [6.07, 6.45) is 0.159. The van der Waals surface area contributed by atoms with E-state index in [4.69, 9.17) is 14.0 Å². The quantitative estimate of drug-likeness (QED) is 0.609. The molecule has 1 saturated heterocycles. The summed E-state index contributed by atoms with van der Waals surface area (Å²) in [5.74, 6) is 0.554. The van der Waals surface area contributed by atoms with E-state index in [-0.39, 0.29) is 11.0 Å². The van der Waals surface area contributed by atoms with Crippen LogP contribution in [0.4, 0.5) is 0 Å². The highest BCUT2D eigenvalue weighted by atomic mass is 32.2. The molecule has 5 nitrogen and oxygen atoms in total. The van der Waals surface area contributed by atoms with Crippen molar-refractivity contribution in [3.05, 3.63) is 24.3 Å². The van der Waals surface area contributed by atoms with Crippen molar-refractivity contribution in [2.45, 2.75) is 11.0 Å². The van der Waals surface area contributed by atoms with Crippen LogP contribution in [-0.2, 0) is 14.9 Å². The van der Waals surface area contributed by atoms with E-state index >= 15 is 0 Å². The lowest BCUT2D eigenvalue weighted by molar-refractivity contribution is 0.263. The minimum absolute atomic E-state index is 0.141. The summed E-state index contributed by atoms with van der Waals surface area (Å²) < 4.78 is 40.4. The summed E-state index contributed by atoms with van der Waals surface area (Å²) in [4.78, 5) is -0.141. The number of hydrogen-bond donors (Lipinski definition) is 1. The number of hydrogen-bond acceptors (Lipinski definition) is 4. The lowest BCUT2D eigenvalue weighted by Gasteiger charge is -2.04. The van der Waals surface area contributed by atoms with Crippen LogP contribution >= 0.6 is 0 Å². The van der Waals surface area contributed by atoms with E-state index in [1.54, 1.807) is 0 Å². The maximum Gasteiger partial charge on any atom is 0.294 e. The molecule has 1 aromatic carbocycles. The van der Waals surface area contributed by atoms with Gasteiger partial charge in [-0.05, 0) is 24.3 Å². The third-order valence-corrected chi connectivity index (χ3v) is 2.83. The fourth-order valence-corrected chi connectivity index (χ4v) is 1.54. The Morgan fingerprint density at radius 3 is 2.47 bits per heavy atom. The van der Waals surface area contributed by atoms with Gasteiger partial charge in [-0.2, -0.15) is 8.42 Å². The summed E-state index contributed by atoms with van der Waals surface area (Å²) in [5, 5.41) is 0. The molecule has 0 bridgehead atoms. The third-order valence-electron chi connectivity index (χ3n) is 1.96. The first kappa shape index (κ1) is 10.4. The van der Waals surface area contributed by atoms with Gasteiger partial charge in [0.15, 0.2) is 0 Å². The van der Waals surface area contributed by atoms with Crippen molar-refractivity contribution < 1.29 is 22.4 Å². The van der Waals surface area contributed by atoms with E-state index in [0.717, 1.165) is 0 Å². The first-order chi connectivity index (χ1) is 7.05. The second-order valence-corrected chi connectivity index (χ2v) is 4.63. The topological polar surface area (TPSA) is 76.1 Å². The molecule has 0 aliphatic carbocycles. The van der Waals surface area contributed by atoms with Crippen LogP contribution < -0.4 is 4.74 Å². The van der Waals surface area contributed by atoms with Gasteiger partial charge >= 0.3 is 0 Å². The number of benzene rings is 1. The highest BCUT2D eigenvalue weighted by Gasteiger charge is 2.23. The van der Waals surface area contributed by atoms with Crippen LogP contribution in [0.25, 0.3) is 0 Å². The molecule has 2 rings (SSSR count). The fraction of sp³-hybridized carbons (Fsp3) is 0.333. The zero-order chi connectivity index (χ0) is 10.9. The summed E-state index contributed by atoms with van der Waals surface area (Å²) >= 11 is 0. The smallest absolute Gasteiger partial charge is 0.294 e. The molecule has 1 unspecified atom stereocenters. The summed E-state index contributed by atoms with van der Waals surface area (Å²) in [6, 6.07) is 5.56. The Morgan fingerprint density at radius 2 is 2.00 bits per heavy atom. The number of rotatable bonds is 4. The van der Waals surface area contributed by atoms with Crippen molar-refractivity contribution in [3.8, 4) is 5.75 Å². The monoisotopic (exact) mass is 230 g/mol. The SMILES string of the molecule is O=S(=O)(O)c1ccc(OCC2CO2)cc1. The first-order valence-electron chi connectivity index (χ1n) is 4.38. The molecule has 0 radical (unpaired) electrons. The summed E-state index contributed by atoms with van der Waals surface area (Å²) in [7, 11) is -4.12. The Balaban J connectivity index is 2.02. The molecule has 1 aliphatic heterocycles.